The molecule has 3 rings (SSSR count). The van der Waals surface area contributed by atoms with Crippen LogP contribution in [0.3, 0.4) is 0 Å². The molecule has 20 heavy (non-hydrogen) atoms. The quantitative estimate of drug-likeness (QED) is 0.708. The van der Waals surface area contributed by atoms with Gasteiger partial charge in [-0.1, -0.05) is 41.7 Å². The van der Waals surface area contributed by atoms with Gasteiger partial charge in [-0.25, -0.2) is 0 Å². The first-order valence-electron chi connectivity index (χ1n) is 6.52. The largest absolute Gasteiger partial charge is 0.317 e. The summed E-state index contributed by atoms with van der Waals surface area (Å²) in [4.78, 5) is 17.2. The molecule has 2 aromatic carbocycles. The summed E-state index contributed by atoms with van der Waals surface area (Å²) in [5.74, 6) is -0.195. The van der Waals surface area contributed by atoms with E-state index in [1.807, 2.05) is 30.3 Å². The standard InChI is InChI=1S/C16H14N2OS/c1-2-18-13-10-6-7-11-14(13)20-16(18)17-15(19)12-8-4-3-5-9-12/h3-11H,2H2,1H3. The second kappa shape index (κ2) is 5.43. The molecule has 0 atom stereocenters. The zero-order valence-electron chi connectivity index (χ0n) is 11.1. The van der Waals surface area contributed by atoms with Gasteiger partial charge >= 0.3 is 0 Å². The first-order chi connectivity index (χ1) is 9.79. The maximum Gasteiger partial charge on any atom is 0.279 e. The van der Waals surface area contributed by atoms with Gasteiger partial charge in [0.1, 0.15) is 0 Å². The molecular weight excluding hydrogens is 268 g/mol. The van der Waals surface area contributed by atoms with Crippen LogP contribution in [0.5, 0.6) is 0 Å². The molecular formula is C16H14N2OS. The van der Waals surface area contributed by atoms with Gasteiger partial charge < -0.3 is 4.57 Å². The molecule has 1 heterocycles. The first-order valence-corrected chi connectivity index (χ1v) is 7.33. The normalized spacial score (nSPS) is 11.9. The first kappa shape index (κ1) is 12.8. The molecule has 0 N–H and O–H groups in total. The van der Waals surface area contributed by atoms with E-state index in [0.717, 1.165) is 21.6 Å². The third-order valence-corrected chi connectivity index (χ3v) is 4.18. The number of aromatic nitrogens is 1. The highest BCUT2D eigenvalue weighted by Gasteiger charge is 2.07. The van der Waals surface area contributed by atoms with E-state index in [2.05, 4.69) is 28.6 Å². The highest BCUT2D eigenvalue weighted by Crippen LogP contribution is 2.16. The van der Waals surface area contributed by atoms with Crippen molar-refractivity contribution in [2.75, 3.05) is 0 Å². The van der Waals surface area contributed by atoms with Gasteiger partial charge in [-0.2, -0.15) is 4.99 Å². The highest BCUT2D eigenvalue weighted by molar-refractivity contribution is 7.16. The van der Waals surface area contributed by atoms with E-state index in [0.29, 0.717) is 5.56 Å². The molecule has 0 radical (unpaired) electrons. The van der Waals surface area contributed by atoms with Crippen LogP contribution in [-0.2, 0) is 6.54 Å². The van der Waals surface area contributed by atoms with Crippen LogP contribution in [0, 0.1) is 0 Å². The summed E-state index contributed by atoms with van der Waals surface area (Å²) in [7, 11) is 0. The molecule has 0 aliphatic rings. The van der Waals surface area contributed by atoms with Crippen LogP contribution in [0.2, 0.25) is 0 Å². The number of thiazole rings is 1. The van der Waals surface area contributed by atoms with Gasteiger partial charge in [0.25, 0.3) is 5.91 Å². The third kappa shape index (κ3) is 2.30. The van der Waals surface area contributed by atoms with Crippen LogP contribution >= 0.6 is 11.3 Å². The van der Waals surface area contributed by atoms with E-state index in [4.69, 9.17) is 0 Å². The SMILES string of the molecule is CCn1c(=NC(=O)c2ccccc2)sc2ccccc21. The van der Waals surface area contributed by atoms with Gasteiger partial charge in [0.2, 0.25) is 0 Å². The number of hydrogen-bond acceptors (Lipinski definition) is 2. The monoisotopic (exact) mass is 282 g/mol. The van der Waals surface area contributed by atoms with E-state index >= 15 is 0 Å². The van der Waals surface area contributed by atoms with Crippen molar-refractivity contribution in [3.8, 4) is 0 Å². The Balaban J connectivity index is 2.14. The second-order valence-corrected chi connectivity index (χ2v) is 5.39. The van der Waals surface area contributed by atoms with Gasteiger partial charge in [0, 0.05) is 12.1 Å². The maximum absolute atomic E-state index is 12.2. The highest BCUT2D eigenvalue weighted by atomic mass is 32.1. The van der Waals surface area contributed by atoms with Crippen LogP contribution in [0.4, 0.5) is 0 Å². The van der Waals surface area contributed by atoms with Crippen molar-refractivity contribution in [3.63, 3.8) is 0 Å². The lowest BCUT2D eigenvalue weighted by Crippen LogP contribution is -2.15. The molecule has 100 valence electrons. The number of rotatable bonds is 2. The zero-order chi connectivity index (χ0) is 13.9. The van der Waals surface area contributed by atoms with Crippen LogP contribution < -0.4 is 4.80 Å². The smallest absolute Gasteiger partial charge is 0.279 e. The van der Waals surface area contributed by atoms with Crippen molar-refractivity contribution in [3.05, 3.63) is 65.0 Å². The Morgan fingerprint density at radius 2 is 1.80 bits per heavy atom. The minimum Gasteiger partial charge on any atom is -0.317 e. The number of nitrogens with zero attached hydrogens (tertiary/aromatic N) is 2. The minimum atomic E-state index is -0.195. The number of aryl methyl sites for hydroxylation is 1. The Morgan fingerprint density at radius 1 is 1.10 bits per heavy atom. The Morgan fingerprint density at radius 3 is 2.55 bits per heavy atom. The van der Waals surface area contributed by atoms with Crippen molar-refractivity contribution in [1.29, 1.82) is 0 Å². The van der Waals surface area contributed by atoms with Crippen LogP contribution in [0.25, 0.3) is 10.2 Å². The minimum absolute atomic E-state index is 0.195. The van der Waals surface area contributed by atoms with E-state index < -0.39 is 0 Å². The zero-order valence-corrected chi connectivity index (χ0v) is 11.9. The second-order valence-electron chi connectivity index (χ2n) is 4.38. The molecule has 0 unspecified atom stereocenters. The summed E-state index contributed by atoms with van der Waals surface area (Å²) < 4.78 is 3.22. The number of benzene rings is 2. The summed E-state index contributed by atoms with van der Waals surface area (Å²) in [5.41, 5.74) is 1.74. The van der Waals surface area contributed by atoms with Crippen molar-refractivity contribution in [2.45, 2.75) is 13.5 Å². The van der Waals surface area contributed by atoms with E-state index in [9.17, 15) is 4.79 Å². The molecule has 0 fully saturated rings. The van der Waals surface area contributed by atoms with Crippen molar-refractivity contribution < 1.29 is 4.79 Å². The van der Waals surface area contributed by atoms with Crippen molar-refractivity contribution in [2.24, 2.45) is 4.99 Å². The number of fused-ring (bicyclic) bond motifs is 1. The van der Waals surface area contributed by atoms with E-state index in [-0.39, 0.29) is 5.91 Å². The fraction of sp³-hybridized carbons (Fsp3) is 0.125. The van der Waals surface area contributed by atoms with E-state index in [1.165, 1.54) is 0 Å². The third-order valence-electron chi connectivity index (χ3n) is 3.12. The molecule has 3 aromatic rings. The lowest BCUT2D eigenvalue weighted by Gasteiger charge is -1.99. The van der Waals surface area contributed by atoms with Crippen molar-refractivity contribution in [1.82, 2.24) is 4.57 Å². The fourth-order valence-corrected chi connectivity index (χ4v) is 3.24. The average molecular weight is 282 g/mol. The maximum atomic E-state index is 12.2. The van der Waals surface area contributed by atoms with Crippen molar-refractivity contribution >= 4 is 27.5 Å². The fourth-order valence-electron chi connectivity index (χ4n) is 2.14. The average Bonchev–Trinajstić information content (AvgIpc) is 2.85. The van der Waals surface area contributed by atoms with Gasteiger partial charge in [0.15, 0.2) is 4.80 Å². The number of hydrogen-bond donors (Lipinski definition) is 0. The predicted octanol–water partition coefficient (Wildman–Crippen LogP) is 3.46. The summed E-state index contributed by atoms with van der Waals surface area (Å²) in [6, 6.07) is 17.3. The molecule has 1 aromatic heterocycles. The Bertz CT molecular complexity index is 815. The Labute approximate surface area is 120 Å². The lowest BCUT2D eigenvalue weighted by molar-refractivity contribution is 0.0998. The summed E-state index contributed by atoms with van der Waals surface area (Å²) in [6.45, 7) is 2.86. The number of carbonyl (C=O) groups excluding carboxylic acids is 1. The molecule has 0 spiro atoms. The Hall–Kier alpha value is -2.20. The molecule has 0 saturated carbocycles. The molecule has 0 bridgehead atoms. The van der Waals surface area contributed by atoms with Crippen LogP contribution in [-0.4, -0.2) is 10.5 Å². The lowest BCUT2D eigenvalue weighted by atomic mass is 10.2. The van der Waals surface area contributed by atoms with Crippen LogP contribution in [0.15, 0.2) is 59.6 Å². The molecule has 0 aliphatic carbocycles. The van der Waals surface area contributed by atoms with Gasteiger partial charge in [-0.05, 0) is 31.2 Å². The summed E-state index contributed by atoms with van der Waals surface area (Å²) in [5, 5.41) is 0. The van der Waals surface area contributed by atoms with Gasteiger partial charge in [-0.15, -0.1) is 0 Å². The topological polar surface area (TPSA) is 34.4 Å². The molecule has 4 heteroatoms. The van der Waals surface area contributed by atoms with E-state index in [1.54, 1.807) is 23.5 Å². The van der Waals surface area contributed by atoms with Gasteiger partial charge in [-0.3, -0.25) is 4.79 Å². The molecule has 3 nitrogen and oxygen atoms in total. The van der Waals surface area contributed by atoms with Crippen LogP contribution in [0.1, 0.15) is 17.3 Å². The molecule has 0 aliphatic heterocycles. The number of para-hydroxylation sites is 1. The Kier molecular flexibility index (Phi) is 3.48. The molecule has 0 saturated heterocycles. The van der Waals surface area contributed by atoms with Gasteiger partial charge in [0.05, 0.1) is 10.2 Å². The summed E-state index contributed by atoms with van der Waals surface area (Å²) in [6.07, 6.45) is 0. The predicted molar refractivity (Wildman–Crippen MR) is 81.8 cm³/mol. The molecule has 1 amide bonds. The summed E-state index contributed by atoms with van der Waals surface area (Å²) >= 11 is 1.55. The number of carbonyl (C=O) groups is 1. The number of amides is 1.